The molecule has 6 rings (SSSR count). The molecule has 1 aromatic carbocycles. The molecule has 0 amide bonds. The molecule has 0 radical (unpaired) electrons. The number of hydrogen-bond donors (Lipinski definition) is 1. The van der Waals surface area contributed by atoms with Gasteiger partial charge < -0.3 is 19.9 Å². The topological polar surface area (TPSA) is 97.3 Å². The maximum absolute atomic E-state index is 14.1. The van der Waals surface area contributed by atoms with Crippen LogP contribution in [0.5, 0.6) is 0 Å². The van der Waals surface area contributed by atoms with Crippen molar-refractivity contribution in [2.75, 3.05) is 0 Å². The van der Waals surface area contributed by atoms with E-state index in [9.17, 15) is 4.39 Å². The Labute approximate surface area is 196 Å². The molecule has 3 aromatic rings. The third-order valence-corrected chi connectivity index (χ3v) is 6.85. The molecular weight excluding hydrogens is 437 g/mol. The van der Waals surface area contributed by atoms with Gasteiger partial charge in [0, 0.05) is 0 Å². The van der Waals surface area contributed by atoms with E-state index in [1.54, 1.807) is 24.5 Å². The molecule has 2 saturated heterocycles. The number of fused-ring (bicyclic) bond motifs is 2. The predicted molar refractivity (Wildman–Crippen MR) is 121 cm³/mol. The zero-order valence-corrected chi connectivity index (χ0v) is 19.1. The van der Waals surface area contributed by atoms with Crippen molar-refractivity contribution in [3.63, 3.8) is 0 Å². The highest BCUT2D eigenvalue weighted by Gasteiger charge is 2.56. The second-order valence-corrected chi connectivity index (χ2v) is 9.67. The molecule has 9 heteroatoms. The monoisotopic (exact) mass is 463 g/mol. The molecule has 1 aliphatic carbocycles. The molecule has 0 unspecified atom stereocenters. The van der Waals surface area contributed by atoms with E-state index in [4.69, 9.17) is 19.9 Å². The zero-order chi connectivity index (χ0) is 23.5. The van der Waals surface area contributed by atoms with E-state index in [0.717, 1.165) is 31.4 Å². The van der Waals surface area contributed by atoms with Crippen LogP contribution in [0.4, 0.5) is 4.39 Å². The van der Waals surface area contributed by atoms with E-state index in [1.807, 2.05) is 18.4 Å². The van der Waals surface area contributed by atoms with Gasteiger partial charge in [0.1, 0.15) is 36.0 Å². The standard InChI is InChI=1S/C25H26FN5O3/c1-24(2)33-19-17(10-9-15-7-3-4-8-16(15)26)32-23(20(19)34-24)31-14-30-18-21(28-13-29-22(18)31)25(27)11-5-6-12-25/h3-4,7-8,13-14,17,19-20,23H,5-6,11-12,27H2,1-2H3/t17-,19-,20-,23-/m1/s1. The molecule has 4 heterocycles. The Morgan fingerprint density at radius 1 is 1.09 bits per heavy atom. The van der Waals surface area contributed by atoms with Gasteiger partial charge in [-0.15, -0.1) is 0 Å². The van der Waals surface area contributed by atoms with E-state index in [0.29, 0.717) is 16.7 Å². The number of aromatic nitrogens is 4. The lowest BCUT2D eigenvalue weighted by molar-refractivity contribution is -0.190. The number of nitrogens with zero attached hydrogens (tertiary/aromatic N) is 4. The first-order valence-electron chi connectivity index (χ1n) is 11.6. The van der Waals surface area contributed by atoms with Crippen molar-refractivity contribution >= 4 is 11.2 Å². The third kappa shape index (κ3) is 3.49. The molecule has 176 valence electrons. The molecule has 1 saturated carbocycles. The number of imidazole rings is 1. The zero-order valence-electron chi connectivity index (χ0n) is 19.1. The number of nitrogens with two attached hydrogens (primary N) is 1. The minimum Gasteiger partial charge on any atom is -0.341 e. The second-order valence-electron chi connectivity index (χ2n) is 9.67. The van der Waals surface area contributed by atoms with Crippen molar-refractivity contribution in [1.82, 2.24) is 19.5 Å². The van der Waals surface area contributed by atoms with Crippen LogP contribution in [0.2, 0.25) is 0 Å². The van der Waals surface area contributed by atoms with Crippen molar-refractivity contribution in [3.05, 3.63) is 54.0 Å². The number of benzene rings is 1. The van der Waals surface area contributed by atoms with Gasteiger partial charge in [-0.2, -0.15) is 0 Å². The Morgan fingerprint density at radius 2 is 1.85 bits per heavy atom. The largest absolute Gasteiger partial charge is 0.341 e. The summed E-state index contributed by atoms with van der Waals surface area (Å²) in [5.41, 5.74) is 8.57. The Morgan fingerprint density at radius 3 is 2.65 bits per heavy atom. The Hall–Kier alpha value is -2.90. The van der Waals surface area contributed by atoms with Gasteiger partial charge in [-0.3, -0.25) is 4.57 Å². The third-order valence-electron chi connectivity index (χ3n) is 6.85. The molecule has 3 aliphatic rings. The lowest BCUT2D eigenvalue weighted by atomic mass is 9.94. The van der Waals surface area contributed by atoms with Gasteiger partial charge in [0.05, 0.1) is 23.1 Å². The summed E-state index contributed by atoms with van der Waals surface area (Å²) >= 11 is 0. The molecule has 2 aromatic heterocycles. The minimum atomic E-state index is -0.809. The highest BCUT2D eigenvalue weighted by Crippen LogP contribution is 2.44. The van der Waals surface area contributed by atoms with Gasteiger partial charge in [0.2, 0.25) is 0 Å². The fourth-order valence-electron chi connectivity index (χ4n) is 5.27. The molecule has 0 spiro atoms. The number of hydrogen-bond acceptors (Lipinski definition) is 7. The highest BCUT2D eigenvalue weighted by atomic mass is 19.1. The highest BCUT2D eigenvalue weighted by molar-refractivity contribution is 5.74. The van der Waals surface area contributed by atoms with Crippen LogP contribution in [0.1, 0.15) is 57.0 Å². The van der Waals surface area contributed by atoms with E-state index >= 15 is 0 Å². The molecule has 2 aliphatic heterocycles. The van der Waals surface area contributed by atoms with Gasteiger partial charge in [-0.05, 0) is 38.8 Å². The smallest absolute Gasteiger partial charge is 0.167 e. The predicted octanol–water partition coefficient (Wildman–Crippen LogP) is 3.16. The van der Waals surface area contributed by atoms with Crippen LogP contribution in [0.25, 0.3) is 11.2 Å². The maximum atomic E-state index is 14.1. The summed E-state index contributed by atoms with van der Waals surface area (Å²) < 4.78 is 34.6. The van der Waals surface area contributed by atoms with Gasteiger partial charge in [-0.25, -0.2) is 19.3 Å². The average molecular weight is 464 g/mol. The van der Waals surface area contributed by atoms with Crippen molar-refractivity contribution < 1.29 is 18.6 Å². The van der Waals surface area contributed by atoms with Crippen molar-refractivity contribution in [2.45, 2.75) is 75.4 Å². The number of rotatable bonds is 2. The SMILES string of the molecule is CC1(C)O[C@@H]2[C@H](O1)[C@@H](C#Cc1ccccc1F)O[C@H]2n1cnc2c(C3(N)CCCC3)ncnc21. The van der Waals surface area contributed by atoms with Crippen molar-refractivity contribution in [2.24, 2.45) is 5.73 Å². The molecule has 2 N–H and O–H groups in total. The van der Waals surface area contributed by atoms with E-state index < -0.39 is 35.9 Å². The Bertz CT molecular complexity index is 1310. The first kappa shape index (κ1) is 21.6. The quantitative estimate of drug-likeness (QED) is 0.583. The molecular formula is C25H26FN5O3. The van der Waals surface area contributed by atoms with Crippen molar-refractivity contribution in [1.29, 1.82) is 0 Å². The molecule has 8 nitrogen and oxygen atoms in total. The summed E-state index contributed by atoms with van der Waals surface area (Å²) in [6.45, 7) is 3.71. The summed E-state index contributed by atoms with van der Waals surface area (Å²) in [6, 6.07) is 6.39. The van der Waals surface area contributed by atoms with Crippen LogP contribution in [0, 0.1) is 17.7 Å². The minimum absolute atomic E-state index is 0.305. The van der Waals surface area contributed by atoms with Gasteiger partial charge in [0.15, 0.2) is 17.7 Å². The van der Waals surface area contributed by atoms with Crippen LogP contribution < -0.4 is 5.73 Å². The van der Waals surface area contributed by atoms with E-state index in [1.165, 1.54) is 12.4 Å². The fourth-order valence-corrected chi connectivity index (χ4v) is 5.27. The normalized spacial score (nSPS) is 29.2. The summed E-state index contributed by atoms with van der Waals surface area (Å²) in [4.78, 5) is 13.6. The fraction of sp³-hybridized carbons (Fsp3) is 0.480. The molecule has 34 heavy (non-hydrogen) atoms. The first-order chi connectivity index (χ1) is 16.3. The van der Waals surface area contributed by atoms with E-state index in [-0.39, 0.29) is 5.82 Å². The molecule has 4 atom stereocenters. The summed E-state index contributed by atoms with van der Waals surface area (Å²) in [5, 5.41) is 0. The first-order valence-corrected chi connectivity index (χ1v) is 11.6. The van der Waals surface area contributed by atoms with E-state index in [2.05, 4.69) is 26.8 Å². The van der Waals surface area contributed by atoms with Gasteiger partial charge >= 0.3 is 0 Å². The molecule has 3 fully saturated rings. The lowest BCUT2D eigenvalue weighted by Crippen LogP contribution is -2.34. The summed E-state index contributed by atoms with van der Waals surface area (Å²) in [7, 11) is 0. The number of ether oxygens (including phenoxy) is 3. The maximum Gasteiger partial charge on any atom is 0.167 e. The van der Waals surface area contributed by atoms with Crippen LogP contribution in [0.15, 0.2) is 36.9 Å². The van der Waals surface area contributed by atoms with Crippen LogP contribution >= 0.6 is 0 Å². The van der Waals surface area contributed by atoms with Crippen LogP contribution in [0.3, 0.4) is 0 Å². The number of halogens is 1. The van der Waals surface area contributed by atoms with Gasteiger partial charge in [0.25, 0.3) is 0 Å². The van der Waals surface area contributed by atoms with Crippen LogP contribution in [-0.2, 0) is 19.7 Å². The van der Waals surface area contributed by atoms with Gasteiger partial charge in [-0.1, -0.05) is 36.8 Å². The van der Waals surface area contributed by atoms with Crippen LogP contribution in [-0.4, -0.2) is 43.6 Å². The summed E-state index contributed by atoms with van der Waals surface area (Å²) in [5.74, 6) is 4.76. The average Bonchev–Trinajstić information content (AvgIpc) is 3.56. The van der Waals surface area contributed by atoms with Crippen molar-refractivity contribution in [3.8, 4) is 11.8 Å². The lowest BCUT2D eigenvalue weighted by Gasteiger charge is -2.24. The Kier molecular flexibility index (Phi) is 4.97. The molecule has 0 bridgehead atoms. The summed E-state index contributed by atoms with van der Waals surface area (Å²) in [6.07, 6.45) is 5.01. The Balaban J connectivity index is 1.38. The second kappa shape index (κ2) is 7.82.